The Bertz CT molecular complexity index is 595. The average Bonchev–Trinajstić information content (AvgIpc) is 2.60. The minimum absolute atomic E-state index is 0.691. The minimum Gasteiger partial charge on any atom is -0.397 e. The molecule has 2 N–H and O–H groups in total. The summed E-state index contributed by atoms with van der Waals surface area (Å²) in [6.45, 7) is 1.95. The van der Waals surface area contributed by atoms with Gasteiger partial charge in [0, 0.05) is 18.1 Å². The number of nitrogens with two attached hydrogens (primary N) is 1. The summed E-state index contributed by atoms with van der Waals surface area (Å²) in [7, 11) is 0. The predicted molar refractivity (Wildman–Crippen MR) is 81.7 cm³/mol. The van der Waals surface area contributed by atoms with E-state index in [1.165, 1.54) is 11.1 Å². The Morgan fingerprint density at radius 2 is 1.84 bits per heavy atom. The molecule has 3 heteroatoms. The van der Waals surface area contributed by atoms with Crippen LogP contribution in [0.15, 0.2) is 42.5 Å². The number of hydrogen-bond donors (Lipinski definition) is 1. The Morgan fingerprint density at radius 3 is 2.63 bits per heavy atom. The third-order valence-corrected chi connectivity index (χ3v) is 3.92. The number of rotatable bonds is 1. The van der Waals surface area contributed by atoms with Crippen molar-refractivity contribution < 1.29 is 0 Å². The number of hydrogen-bond acceptors (Lipinski definition) is 2. The standard InChI is InChI=1S/C16H17ClN2/c17-14-7-8-16(15(18)10-14)19-9-3-6-12-4-1-2-5-13(12)11-19/h1-2,4-5,7-8,10H,3,6,9,11,18H2. The number of nitrogens with zero attached hydrogens (tertiary/aromatic N) is 1. The molecule has 1 heterocycles. The van der Waals surface area contributed by atoms with E-state index in [1.807, 2.05) is 18.2 Å². The van der Waals surface area contributed by atoms with Crippen LogP contribution in [0.3, 0.4) is 0 Å². The number of halogens is 1. The molecule has 0 amide bonds. The van der Waals surface area contributed by atoms with Gasteiger partial charge in [0.05, 0.1) is 11.4 Å². The first kappa shape index (κ1) is 12.4. The van der Waals surface area contributed by atoms with Crippen LogP contribution in [0.2, 0.25) is 5.02 Å². The highest BCUT2D eigenvalue weighted by atomic mass is 35.5. The van der Waals surface area contributed by atoms with Crippen molar-refractivity contribution >= 4 is 23.0 Å². The Hall–Kier alpha value is -1.67. The fourth-order valence-corrected chi connectivity index (χ4v) is 2.90. The lowest BCUT2D eigenvalue weighted by Crippen LogP contribution is -2.23. The molecule has 1 aliphatic heterocycles. The van der Waals surface area contributed by atoms with Gasteiger partial charge in [0.25, 0.3) is 0 Å². The van der Waals surface area contributed by atoms with E-state index in [1.54, 1.807) is 0 Å². The highest BCUT2D eigenvalue weighted by molar-refractivity contribution is 6.31. The van der Waals surface area contributed by atoms with Crippen LogP contribution in [-0.4, -0.2) is 6.54 Å². The molecule has 0 aliphatic carbocycles. The van der Waals surface area contributed by atoms with E-state index in [2.05, 4.69) is 29.2 Å². The largest absolute Gasteiger partial charge is 0.397 e. The van der Waals surface area contributed by atoms with Gasteiger partial charge in [-0.15, -0.1) is 0 Å². The summed E-state index contributed by atoms with van der Waals surface area (Å²) in [4.78, 5) is 2.34. The number of benzene rings is 2. The van der Waals surface area contributed by atoms with Crippen molar-refractivity contribution in [2.75, 3.05) is 17.2 Å². The summed E-state index contributed by atoms with van der Waals surface area (Å²) in [6, 6.07) is 14.4. The van der Waals surface area contributed by atoms with Gasteiger partial charge in [-0.3, -0.25) is 0 Å². The van der Waals surface area contributed by atoms with Gasteiger partial charge in [-0.05, 0) is 42.2 Å². The monoisotopic (exact) mass is 272 g/mol. The van der Waals surface area contributed by atoms with Crippen LogP contribution in [0.5, 0.6) is 0 Å². The first-order valence-corrected chi connectivity index (χ1v) is 6.98. The maximum absolute atomic E-state index is 6.10. The molecule has 0 unspecified atom stereocenters. The zero-order chi connectivity index (χ0) is 13.2. The quantitative estimate of drug-likeness (QED) is 0.799. The SMILES string of the molecule is Nc1cc(Cl)ccc1N1CCCc2ccccc2C1. The van der Waals surface area contributed by atoms with Crippen LogP contribution in [0.1, 0.15) is 17.5 Å². The first-order chi connectivity index (χ1) is 9.24. The van der Waals surface area contributed by atoms with E-state index in [9.17, 15) is 0 Å². The van der Waals surface area contributed by atoms with Gasteiger partial charge < -0.3 is 10.6 Å². The Balaban J connectivity index is 1.94. The lowest BCUT2D eigenvalue weighted by Gasteiger charge is -2.24. The van der Waals surface area contributed by atoms with E-state index in [4.69, 9.17) is 17.3 Å². The Morgan fingerprint density at radius 1 is 1.05 bits per heavy atom. The third-order valence-electron chi connectivity index (χ3n) is 3.68. The van der Waals surface area contributed by atoms with Crippen LogP contribution in [0.25, 0.3) is 0 Å². The van der Waals surface area contributed by atoms with Crippen molar-refractivity contribution in [2.24, 2.45) is 0 Å². The zero-order valence-electron chi connectivity index (χ0n) is 10.8. The molecule has 0 saturated heterocycles. The Labute approximate surface area is 118 Å². The van der Waals surface area contributed by atoms with Gasteiger partial charge in [0.1, 0.15) is 0 Å². The zero-order valence-corrected chi connectivity index (χ0v) is 11.5. The number of fused-ring (bicyclic) bond motifs is 1. The molecule has 98 valence electrons. The van der Waals surface area contributed by atoms with Crippen LogP contribution in [0.4, 0.5) is 11.4 Å². The highest BCUT2D eigenvalue weighted by Gasteiger charge is 2.16. The smallest absolute Gasteiger partial charge is 0.0604 e. The van der Waals surface area contributed by atoms with Crippen molar-refractivity contribution in [3.63, 3.8) is 0 Å². The summed E-state index contributed by atoms with van der Waals surface area (Å²) in [5.41, 5.74) is 10.8. The van der Waals surface area contributed by atoms with Crippen LogP contribution in [-0.2, 0) is 13.0 Å². The summed E-state index contributed by atoms with van der Waals surface area (Å²) < 4.78 is 0. The minimum atomic E-state index is 0.691. The molecular weight excluding hydrogens is 256 g/mol. The second-order valence-corrected chi connectivity index (χ2v) is 5.43. The van der Waals surface area contributed by atoms with Gasteiger partial charge in [-0.25, -0.2) is 0 Å². The lowest BCUT2D eigenvalue weighted by molar-refractivity contribution is 0.767. The Kier molecular flexibility index (Phi) is 3.34. The van der Waals surface area contributed by atoms with Crippen LogP contribution in [0, 0.1) is 0 Å². The molecule has 0 aromatic heterocycles. The molecule has 0 fully saturated rings. The van der Waals surface area contributed by atoms with Gasteiger partial charge in [-0.1, -0.05) is 35.9 Å². The molecule has 0 saturated carbocycles. The average molecular weight is 273 g/mol. The molecule has 1 aliphatic rings. The molecule has 0 radical (unpaired) electrons. The van der Waals surface area contributed by atoms with Crippen molar-refractivity contribution in [1.82, 2.24) is 0 Å². The number of anilines is 2. The summed E-state index contributed by atoms with van der Waals surface area (Å²) >= 11 is 5.97. The van der Waals surface area contributed by atoms with Crippen molar-refractivity contribution in [2.45, 2.75) is 19.4 Å². The van der Waals surface area contributed by atoms with Gasteiger partial charge in [-0.2, -0.15) is 0 Å². The summed E-state index contributed by atoms with van der Waals surface area (Å²) in [5.74, 6) is 0. The van der Waals surface area contributed by atoms with Gasteiger partial charge in [0.15, 0.2) is 0 Å². The molecule has 0 atom stereocenters. The topological polar surface area (TPSA) is 29.3 Å². The first-order valence-electron chi connectivity index (χ1n) is 6.61. The number of nitrogen functional groups attached to an aromatic ring is 1. The van der Waals surface area contributed by atoms with E-state index in [-0.39, 0.29) is 0 Å². The normalized spacial score (nSPS) is 14.9. The van der Waals surface area contributed by atoms with E-state index >= 15 is 0 Å². The van der Waals surface area contributed by atoms with Crippen LogP contribution >= 0.6 is 11.6 Å². The van der Waals surface area contributed by atoms with E-state index < -0.39 is 0 Å². The molecule has 2 aromatic carbocycles. The maximum atomic E-state index is 6.10. The fourth-order valence-electron chi connectivity index (χ4n) is 2.72. The second-order valence-electron chi connectivity index (χ2n) is 5.00. The van der Waals surface area contributed by atoms with Gasteiger partial charge >= 0.3 is 0 Å². The van der Waals surface area contributed by atoms with Crippen molar-refractivity contribution in [1.29, 1.82) is 0 Å². The van der Waals surface area contributed by atoms with Gasteiger partial charge in [0.2, 0.25) is 0 Å². The third kappa shape index (κ3) is 2.54. The molecule has 0 spiro atoms. The summed E-state index contributed by atoms with van der Waals surface area (Å²) in [5, 5.41) is 0.691. The number of aryl methyl sites for hydroxylation is 1. The highest BCUT2D eigenvalue weighted by Crippen LogP contribution is 2.30. The summed E-state index contributed by atoms with van der Waals surface area (Å²) in [6.07, 6.45) is 2.29. The molecular formula is C16H17ClN2. The predicted octanol–water partition coefficient (Wildman–Crippen LogP) is 3.88. The van der Waals surface area contributed by atoms with Crippen LogP contribution < -0.4 is 10.6 Å². The van der Waals surface area contributed by atoms with Crippen molar-refractivity contribution in [3.05, 3.63) is 58.6 Å². The van der Waals surface area contributed by atoms with E-state index in [0.29, 0.717) is 5.02 Å². The second kappa shape index (κ2) is 5.14. The van der Waals surface area contributed by atoms with E-state index in [0.717, 1.165) is 37.3 Å². The molecule has 2 aromatic rings. The molecule has 0 bridgehead atoms. The molecule has 2 nitrogen and oxygen atoms in total. The molecule has 3 rings (SSSR count). The maximum Gasteiger partial charge on any atom is 0.0604 e. The van der Waals surface area contributed by atoms with Crippen molar-refractivity contribution in [3.8, 4) is 0 Å². The fraction of sp³-hybridized carbons (Fsp3) is 0.250. The molecule has 19 heavy (non-hydrogen) atoms. The lowest BCUT2D eigenvalue weighted by atomic mass is 10.0.